The van der Waals surface area contributed by atoms with Crippen LogP contribution in [0.2, 0.25) is 0 Å². The Bertz CT molecular complexity index is 46.5. The number of hydrogen-bond acceptors (Lipinski definition) is 1. The zero-order valence-corrected chi connectivity index (χ0v) is 6.91. The Morgan fingerprint density at radius 2 is 2.00 bits per heavy atom. The van der Waals surface area contributed by atoms with Crippen molar-refractivity contribution in [2.45, 2.75) is 46.1 Å². The molecule has 1 saturated heterocycles. The molecule has 1 nitrogen and oxygen atoms in total. The van der Waals surface area contributed by atoms with Crippen molar-refractivity contribution >= 4 is 0 Å². The maximum Gasteiger partial charge on any atom is 0.00391 e. The van der Waals surface area contributed by atoms with Crippen molar-refractivity contribution < 1.29 is 0 Å². The normalized spacial score (nSPS) is 25.0. The average molecular weight is 129 g/mol. The SMILES string of the molecule is CCC.C[C@H]1CCCN1. The van der Waals surface area contributed by atoms with Crippen LogP contribution < -0.4 is 5.32 Å². The highest BCUT2D eigenvalue weighted by molar-refractivity contribution is 4.67. The van der Waals surface area contributed by atoms with Gasteiger partial charge in [-0.1, -0.05) is 20.3 Å². The minimum atomic E-state index is 0.796. The summed E-state index contributed by atoms with van der Waals surface area (Å²) in [6.45, 7) is 7.72. The number of nitrogens with one attached hydrogen (secondary N) is 1. The van der Waals surface area contributed by atoms with Crippen LogP contribution in [0.15, 0.2) is 0 Å². The van der Waals surface area contributed by atoms with E-state index in [9.17, 15) is 0 Å². The molecule has 0 bridgehead atoms. The summed E-state index contributed by atoms with van der Waals surface area (Å²) in [6.07, 6.45) is 4.00. The van der Waals surface area contributed by atoms with Gasteiger partial charge in [-0.3, -0.25) is 0 Å². The van der Waals surface area contributed by atoms with Crippen molar-refractivity contribution in [3.63, 3.8) is 0 Å². The topological polar surface area (TPSA) is 12.0 Å². The molecule has 56 valence electrons. The molecular formula is C8H19N. The third kappa shape index (κ3) is 5.84. The van der Waals surface area contributed by atoms with Gasteiger partial charge in [-0.15, -0.1) is 0 Å². The van der Waals surface area contributed by atoms with Gasteiger partial charge in [0.05, 0.1) is 0 Å². The second kappa shape index (κ2) is 6.09. The Morgan fingerprint density at radius 1 is 1.44 bits per heavy atom. The average Bonchev–Trinajstić information content (AvgIpc) is 2.20. The first-order valence-corrected chi connectivity index (χ1v) is 4.04. The lowest BCUT2D eigenvalue weighted by Crippen LogP contribution is -2.16. The third-order valence-corrected chi connectivity index (χ3v) is 1.31. The summed E-state index contributed by atoms with van der Waals surface area (Å²) in [5.41, 5.74) is 0. The lowest BCUT2D eigenvalue weighted by atomic mass is 10.3. The molecule has 0 unspecified atom stereocenters. The zero-order valence-electron chi connectivity index (χ0n) is 6.91. The first-order chi connectivity index (χ1) is 4.31. The summed E-state index contributed by atoms with van der Waals surface area (Å²) in [5.74, 6) is 0. The van der Waals surface area contributed by atoms with Crippen LogP contribution in [0, 0.1) is 0 Å². The van der Waals surface area contributed by atoms with Gasteiger partial charge in [-0.05, 0) is 26.3 Å². The predicted octanol–water partition coefficient (Wildman–Crippen LogP) is 2.17. The van der Waals surface area contributed by atoms with Crippen molar-refractivity contribution in [3.05, 3.63) is 0 Å². The fourth-order valence-electron chi connectivity index (χ4n) is 0.859. The van der Waals surface area contributed by atoms with Gasteiger partial charge in [0.1, 0.15) is 0 Å². The maximum atomic E-state index is 3.32. The van der Waals surface area contributed by atoms with Crippen LogP contribution in [-0.2, 0) is 0 Å². The molecule has 0 aromatic carbocycles. The molecule has 1 N–H and O–H groups in total. The van der Waals surface area contributed by atoms with Crippen LogP contribution in [0.4, 0.5) is 0 Å². The van der Waals surface area contributed by atoms with E-state index in [4.69, 9.17) is 0 Å². The second-order valence-electron chi connectivity index (χ2n) is 2.70. The standard InChI is InChI=1S/C5H11N.C3H8/c1-5-3-2-4-6-5;1-3-2/h5-6H,2-4H2,1H3;3H2,1-2H3/t5-;/m0./s1. The Hall–Kier alpha value is -0.0400. The van der Waals surface area contributed by atoms with Crippen molar-refractivity contribution in [2.75, 3.05) is 6.54 Å². The second-order valence-corrected chi connectivity index (χ2v) is 2.70. The van der Waals surface area contributed by atoms with Crippen LogP contribution >= 0.6 is 0 Å². The van der Waals surface area contributed by atoms with Crippen LogP contribution in [-0.4, -0.2) is 12.6 Å². The third-order valence-electron chi connectivity index (χ3n) is 1.31. The van der Waals surface area contributed by atoms with E-state index in [1.807, 2.05) is 0 Å². The van der Waals surface area contributed by atoms with Crippen LogP contribution in [0.1, 0.15) is 40.0 Å². The van der Waals surface area contributed by atoms with E-state index in [0.717, 1.165) is 6.04 Å². The van der Waals surface area contributed by atoms with E-state index in [0.29, 0.717) is 0 Å². The largest absolute Gasteiger partial charge is 0.314 e. The van der Waals surface area contributed by atoms with Gasteiger partial charge >= 0.3 is 0 Å². The lowest BCUT2D eigenvalue weighted by Gasteiger charge is -1.95. The van der Waals surface area contributed by atoms with Crippen LogP contribution in [0.3, 0.4) is 0 Å². The van der Waals surface area contributed by atoms with Gasteiger partial charge in [0.25, 0.3) is 0 Å². The van der Waals surface area contributed by atoms with Crippen molar-refractivity contribution in [1.82, 2.24) is 5.32 Å². The van der Waals surface area contributed by atoms with Gasteiger partial charge in [-0.2, -0.15) is 0 Å². The predicted molar refractivity (Wildman–Crippen MR) is 42.7 cm³/mol. The monoisotopic (exact) mass is 129 g/mol. The molecular weight excluding hydrogens is 110 g/mol. The Balaban J connectivity index is 0.000000187. The minimum absolute atomic E-state index is 0.796. The quantitative estimate of drug-likeness (QED) is 0.528. The van der Waals surface area contributed by atoms with E-state index in [1.165, 1.54) is 25.8 Å². The van der Waals surface area contributed by atoms with Gasteiger partial charge in [0.2, 0.25) is 0 Å². The Morgan fingerprint density at radius 3 is 2.11 bits per heavy atom. The van der Waals surface area contributed by atoms with Gasteiger partial charge in [0, 0.05) is 6.04 Å². The van der Waals surface area contributed by atoms with Crippen LogP contribution in [0.5, 0.6) is 0 Å². The Labute approximate surface area is 58.8 Å². The van der Waals surface area contributed by atoms with Crippen molar-refractivity contribution in [1.29, 1.82) is 0 Å². The summed E-state index contributed by atoms with van der Waals surface area (Å²) in [7, 11) is 0. The molecule has 1 heteroatoms. The fourth-order valence-corrected chi connectivity index (χ4v) is 0.859. The zero-order chi connectivity index (χ0) is 7.11. The molecule has 1 atom stereocenters. The molecule has 0 aliphatic carbocycles. The molecule has 1 aliphatic rings. The highest BCUT2D eigenvalue weighted by atomic mass is 14.9. The highest BCUT2D eigenvalue weighted by Gasteiger charge is 2.05. The fraction of sp³-hybridized carbons (Fsp3) is 1.00. The summed E-state index contributed by atoms with van der Waals surface area (Å²) in [5, 5.41) is 3.32. The van der Waals surface area contributed by atoms with E-state index in [-0.39, 0.29) is 0 Å². The van der Waals surface area contributed by atoms with E-state index < -0.39 is 0 Å². The van der Waals surface area contributed by atoms with Crippen molar-refractivity contribution in [2.24, 2.45) is 0 Å². The lowest BCUT2D eigenvalue weighted by molar-refractivity contribution is 0.664. The molecule has 0 amide bonds. The number of rotatable bonds is 0. The summed E-state index contributed by atoms with van der Waals surface area (Å²) in [6, 6.07) is 0.796. The molecule has 0 aromatic heterocycles. The van der Waals surface area contributed by atoms with E-state index >= 15 is 0 Å². The first kappa shape index (κ1) is 8.96. The molecule has 1 heterocycles. The summed E-state index contributed by atoms with van der Waals surface area (Å²) >= 11 is 0. The minimum Gasteiger partial charge on any atom is -0.314 e. The summed E-state index contributed by atoms with van der Waals surface area (Å²) in [4.78, 5) is 0. The summed E-state index contributed by atoms with van der Waals surface area (Å²) < 4.78 is 0. The molecule has 1 rings (SSSR count). The van der Waals surface area contributed by atoms with Gasteiger partial charge in [-0.25, -0.2) is 0 Å². The molecule has 0 saturated carbocycles. The highest BCUT2D eigenvalue weighted by Crippen LogP contribution is 2.01. The molecule has 0 aromatic rings. The molecule has 9 heavy (non-hydrogen) atoms. The smallest absolute Gasteiger partial charge is 0.00391 e. The van der Waals surface area contributed by atoms with Gasteiger partial charge < -0.3 is 5.32 Å². The molecule has 1 aliphatic heterocycles. The first-order valence-electron chi connectivity index (χ1n) is 4.04. The molecule has 0 spiro atoms. The maximum absolute atomic E-state index is 3.32. The molecule has 0 radical (unpaired) electrons. The number of hydrogen-bond donors (Lipinski definition) is 1. The van der Waals surface area contributed by atoms with Crippen molar-refractivity contribution in [3.8, 4) is 0 Å². The van der Waals surface area contributed by atoms with E-state index in [1.54, 1.807) is 0 Å². The van der Waals surface area contributed by atoms with Crippen LogP contribution in [0.25, 0.3) is 0 Å². The Kier molecular flexibility index (Phi) is 6.06. The molecule has 1 fully saturated rings. The van der Waals surface area contributed by atoms with E-state index in [2.05, 4.69) is 26.1 Å². The van der Waals surface area contributed by atoms with Gasteiger partial charge in [0.15, 0.2) is 0 Å².